The van der Waals surface area contributed by atoms with Gasteiger partial charge in [-0.15, -0.1) is 0 Å². The second kappa shape index (κ2) is 8.06. The Hall–Kier alpha value is -1.14. The largest absolute Gasteiger partial charge is 0.356 e. The van der Waals surface area contributed by atoms with Crippen molar-refractivity contribution < 1.29 is 9.59 Å². The molecule has 0 aromatic heterocycles. The molecule has 0 aliphatic carbocycles. The summed E-state index contributed by atoms with van der Waals surface area (Å²) in [5.74, 6) is -0.449. The lowest BCUT2D eigenvalue weighted by atomic mass is 10.3. The first-order chi connectivity index (χ1) is 7.79. The molecule has 0 spiro atoms. The Morgan fingerprint density at radius 1 is 0.750 bits per heavy atom. The summed E-state index contributed by atoms with van der Waals surface area (Å²) < 4.78 is 0. The molecule has 1 fully saturated rings. The maximum absolute atomic E-state index is 11.3. The van der Waals surface area contributed by atoms with Crippen LogP contribution in [-0.4, -0.2) is 44.7 Å². The Balaban J connectivity index is 2.26. The van der Waals surface area contributed by atoms with Crippen molar-refractivity contribution in [2.75, 3.05) is 32.8 Å². The second-order valence-electron chi connectivity index (χ2n) is 3.76. The second-order valence-corrected chi connectivity index (χ2v) is 3.76. The molecule has 0 bridgehead atoms. The van der Waals surface area contributed by atoms with Crippen LogP contribution in [-0.2, 0) is 9.59 Å². The van der Waals surface area contributed by atoms with E-state index in [1.807, 2.05) is 0 Å². The van der Waals surface area contributed by atoms with Gasteiger partial charge in [0.1, 0.15) is 6.42 Å². The van der Waals surface area contributed by atoms with Gasteiger partial charge in [0, 0.05) is 6.54 Å². The van der Waals surface area contributed by atoms with Gasteiger partial charge in [-0.2, -0.15) is 0 Å². The van der Waals surface area contributed by atoms with E-state index in [2.05, 4.69) is 21.3 Å². The highest BCUT2D eigenvalue weighted by Crippen LogP contribution is 1.83. The van der Waals surface area contributed by atoms with Crippen LogP contribution in [0.4, 0.5) is 0 Å². The molecule has 0 aromatic rings. The molecule has 0 radical (unpaired) electrons. The highest BCUT2D eigenvalue weighted by atomic mass is 16.2. The molecule has 6 nitrogen and oxygen atoms in total. The zero-order valence-electron chi connectivity index (χ0n) is 9.47. The lowest BCUT2D eigenvalue weighted by Crippen LogP contribution is -2.39. The minimum Gasteiger partial charge on any atom is -0.356 e. The van der Waals surface area contributed by atoms with Gasteiger partial charge in [0.2, 0.25) is 11.8 Å². The highest BCUT2D eigenvalue weighted by Gasteiger charge is 2.07. The smallest absolute Gasteiger partial charge is 0.230 e. The predicted molar refractivity (Wildman–Crippen MR) is 60.7 cm³/mol. The first-order valence-corrected chi connectivity index (χ1v) is 5.74. The van der Waals surface area contributed by atoms with Crippen molar-refractivity contribution in [2.24, 2.45) is 0 Å². The van der Waals surface area contributed by atoms with Crippen LogP contribution in [0.25, 0.3) is 0 Å². The van der Waals surface area contributed by atoms with Gasteiger partial charge in [0.15, 0.2) is 0 Å². The molecule has 0 unspecified atom stereocenters. The molecule has 1 rings (SSSR count). The van der Waals surface area contributed by atoms with E-state index < -0.39 is 0 Å². The first kappa shape index (κ1) is 12.9. The van der Waals surface area contributed by atoms with E-state index in [1.54, 1.807) is 0 Å². The van der Waals surface area contributed by atoms with Crippen LogP contribution in [0.3, 0.4) is 0 Å². The van der Waals surface area contributed by atoms with Gasteiger partial charge >= 0.3 is 0 Å². The standard InChI is InChI=1S/C10H20N4O2/c15-9-7-10(16)14-8-12-5-1-3-11-4-2-6-13-9/h11-12H,1-8H2,(H,13,15)(H,14,16). The van der Waals surface area contributed by atoms with E-state index in [9.17, 15) is 9.59 Å². The molecule has 1 heterocycles. The molecule has 0 atom stereocenters. The normalized spacial score (nSPS) is 21.8. The average Bonchev–Trinajstić information content (AvgIpc) is 2.25. The molecule has 2 amide bonds. The molecular formula is C10H20N4O2. The van der Waals surface area contributed by atoms with E-state index in [0.29, 0.717) is 13.2 Å². The van der Waals surface area contributed by atoms with Crippen LogP contribution in [0, 0.1) is 0 Å². The Labute approximate surface area is 95.5 Å². The quantitative estimate of drug-likeness (QED) is 0.382. The number of carbonyl (C=O) groups excluding carboxylic acids is 2. The van der Waals surface area contributed by atoms with Crippen LogP contribution in [0.2, 0.25) is 0 Å². The summed E-state index contributed by atoms with van der Waals surface area (Å²) >= 11 is 0. The molecule has 1 aliphatic heterocycles. The maximum atomic E-state index is 11.3. The summed E-state index contributed by atoms with van der Waals surface area (Å²) in [4.78, 5) is 22.5. The Morgan fingerprint density at radius 3 is 2.19 bits per heavy atom. The van der Waals surface area contributed by atoms with Crippen molar-refractivity contribution >= 4 is 11.8 Å². The molecule has 1 aliphatic rings. The van der Waals surface area contributed by atoms with E-state index in [-0.39, 0.29) is 18.2 Å². The monoisotopic (exact) mass is 228 g/mol. The topological polar surface area (TPSA) is 82.3 Å². The summed E-state index contributed by atoms with van der Waals surface area (Å²) in [7, 11) is 0. The molecule has 0 saturated carbocycles. The summed E-state index contributed by atoms with van der Waals surface area (Å²) in [6, 6.07) is 0. The van der Waals surface area contributed by atoms with Crippen molar-refractivity contribution in [3.8, 4) is 0 Å². The van der Waals surface area contributed by atoms with Crippen LogP contribution in [0.15, 0.2) is 0 Å². The van der Waals surface area contributed by atoms with Gasteiger partial charge < -0.3 is 16.0 Å². The van der Waals surface area contributed by atoms with Crippen LogP contribution >= 0.6 is 0 Å². The fourth-order valence-corrected chi connectivity index (χ4v) is 1.42. The van der Waals surface area contributed by atoms with Gasteiger partial charge in [0.05, 0.1) is 6.67 Å². The van der Waals surface area contributed by atoms with Crippen LogP contribution in [0.5, 0.6) is 0 Å². The summed E-state index contributed by atoms with van der Waals surface area (Å²) in [5, 5.41) is 11.7. The van der Waals surface area contributed by atoms with E-state index in [4.69, 9.17) is 0 Å². The molecule has 4 N–H and O–H groups in total. The lowest BCUT2D eigenvalue weighted by molar-refractivity contribution is -0.129. The fraction of sp³-hybridized carbons (Fsp3) is 0.800. The van der Waals surface area contributed by atoms with Crippen LogP contribution < -0.4 is 21.3 Å². The van der Waals surface area contributed by atoms with Gasteiger partial charge in [-0.05, 0) is 32.5 Å². The van der Waals surface area contributed by atoms with E-state index in [1.165, 1.54) is 0 Å². The fourth-order valence-electron chi connectivity index (χ4n) is 1.42. The molecule has 16 heavy (non-hydrogen) atoms. The molecule has 92 valence electrons. The third kappa shape index (κ3) is 6.36. The third-order valence-electron chi connectivity index (χ3n) is 2.29. The number of hydrogen-bond donors (Lipinski definition) is 4. The van der Waals surface area contributed by atoms with Crippen molar-refractivity contribution in [3.63, 3.8) is 0 Å². The van der Waals surface area contributed by atoms with E-state index >= 15 is 0 Å². The zero-order chi connectivity index (χ0) is 11.6. The zero-order valence-corrected chi connectivity index (χ0v) is 9.47. The number of rotatable bonds is 0. The molecule has 6 heteroatoms. The van der Waals surface area contributed by atoms with Crippen molar-refractivity contribution in [3.05, 3.63) is 0 Å². The third-order valence-corrected chi connectivity index (χ3v) is 2.29. The van der Waals surface area contributed by atoms with Gasteiger partial charge in [-0.25, -0.2) is 0 Å². The number of amides is 2. The Kier molecular flexibility index (Phi) is 6.52. The lowest BCUT2D eigenvalue weighted by Gasteiger charge is -2.10. The van der Waals surface area contributed by atoms with Crippen molar-refractivity contribution in [1.82, 2.24) is 21.3 Å². The van der Waals surface area contributed by atoms with E-state index in [0.717, 1.165) is 32.5 Å². The number of carbonyl (C=O) groups is 2. The summed E-state index contributed by atoms with van der Waals surface area (Å²) in [6.07, 6.45) is 1.83. The molecule has 0 aromatic carbocycles. The maximum Gasteiger partial charge on any atom is 0.230 e. The van der Waals surface area contributed by atoms with Gasteiger partial charge in [0.25, 0.3) is 0 Å². The molecular weight excluding hydrogens is 208 g/mol. The van der Waals surface area contributed by atoms with Gasteiger partial charge in [-0.1, -0.05) is 0 Å². The highest BCUT2D eigenvalue weighted by molar-refractivity contribution is 5.96. The SMILES string of the molecule is O=C1CC(=O)NCNCCCNCCCN1. The molecule has 1 saturated heterocycles. The summed E-state index contributed by atoms with van der Waals surface area (Å²) in [6.45, 7) is 3.75. The van der Waals surface area contributed by atoms with Crippen LogP contribution in [0.1, 0.15) is 19.3 Å². The predicted octanol–water partition coefficient (Wildman–Crippen LogP) is -1.46. The Morgan fingerprint density at radius 2 is 1.38 bits per heavy atom. The van der Waals surface area contributed by atoms with Crippen molar-refractivity contribution in [2.45, 2.75) is 19.3 Å². The van der Waals surface area contributed by atoms with Gasteiger partial charge in [-0.3, -0.25) is 14.9 Å². The van der Waals surface area contributed by atoms with Crippen molar-refractivity contribution in [1.29, 1.82) is 0 Å². The summed E-state index contributed by atoms with van der Waals surface area (Å²) in [5.41, 5.74) is 0. The average molecular weight is 228 g/mol. The minimum atomic E-state index is -0.236. The Bertz CT molecular complexity index is 211. The number of hydrogen-bond acceptors (Lipinski definition) is 4. The first-order valence-electron chi connectivity index (χ1n) is 5.74. The minimum absolute atomic E-state index is 0.0882. The number of nitrogens with one attached hydrogen (secondary N) is 4.